The van der Waals surface area contributed by atoms with Gasteiger partial charge in [0.1, 0.15) is 10.1 Å². The molecule has 0 unspecified atom stereocenters. The van der Waals surface area contributed by atoms with Crippen LogP contribution in [-0.2, 0) is 9.59 Å². The maximum atomic E-state index is 12.2. The molecule has 0 spiro atoms. The Morgan fingerprint density at radius 1 is 1.21 bits per heavy atom. The first kappa shape index (κ1) is 22.6. The largest absolute Gasteiger partial charge is 0.481 e. The van der Waals surface area contributed by atoms with Crippen molar-refractivity contribution >= 4 is 107 Å². The minimum Gasteiger partial charge on any atom is -0.481 e. The maximum Gasteiger partial charge on any atom is 0.263 e. The van der Waals surface area contributed by atoms with E-state index in [1.165, 1.54) is 11.8 Å². The summed E-state index contributed by atoms with van der Waals surface area (Å²) in [5, 5.41) is 5.99. The molecule has 3 rings (SSSR count). The van der Waals surface area contributed by atoms with Gasteiger partial charge < -0.3 is 15.4 Å². The van der Waals surface area contributed by atoms with Gasteiger partial charge in [0.25, 0.3) is 11.8 Å². The molecule has 0 bridgehead atoms. The van der Waals surface area contributed by atoms with Gasteiger partial charge in [-0.2, -0.15) is 0 Å². The number of benzene rings is 2. The van der Waals surface area contributed by atoms with Crippen LogP contribution in [0, 0.1) is 0 Å². The summed E-state index contributed by atoms with van der Waals surface area (Å²) in [7, 11) is 0. The van der Waals surface area contributed by atoms with Crippen LogP contribution < -0.4 is 15.4 Å². The summed E-state index contributed by atoms with van der Waals surface area (Å²) in [5.74, 6) is -0.136. The Hall–Kier alpha value is -1.10. The number of anilines is 1. The molecule has 2 aromatic rings. The van der Waals surface area contributed by atoms with Crippen molar-refractivity contribution in [2.75, 3.05) is 11.9 Å². The Labute approximate surface area is 202 Å². The molecule has 2 amide bonds. The lowest BCUT2D eigenvalue weighted by Gasteiger charge is -2.12. The van der Waals surface area contributed by atoms with Gasteiger partial charge in [-0.05, 0) is 73.8 Å². The van der Waals surface area contributed by atoms with Crippen molar-refractivity contribution in [2.45, 2.75) is 0 Å². The first-order valence-electron chi connectivity index (χ1n) is 7.84. The van der Waals surface area contributed by atoms with Gasteiger partial charge in [-0.1, -0.05) is 47.2 Å². The number of rotatable bonds is 5. The highest BCUT2D eigenvalue weighted by molar-refractivity contribution is 9.11. The van der Waals surface area contributed by atoms with Gasteiger partial charge in [-0.15, -0.1) is 0 Å². The number of thiocarbonyl (C=S) groups is 1. The lowest BCUT2D eigenvalue weighted by atomic mass is 10.2. The zero-order valence-corrected chi connectivity index (χ0v) is 20.5. The Morgan fingerprint density at radius 3 is 2.48 bits per heavy atom. The Morgan fingerprint density at radius 2 is 1.90 bits per heavy atom. The van der Waals surface area contributed by atoms with Crippen LogP contribution in [0.3, 0.4) is 0 Å². The van der Waals surface area contributed by atoms with E-state index in [9.17, 15) is 9.59 Å². The quantitative estimate of drug-likeness (QED) is 0.326. The topological polar surface area (TPSA) is 67.4 Å². The Balaban J connectivity index is 1.67. The summed E-state index contributed by atoms with van der Waals surface area (Å²) in [6, 6.07) is 8.34. The van der Waals surface area contributed by atoms with Crippen LogP contribution in [0.2, 0.25) is 10.0 Å². The second-order valence-electron chi connectivity index (χ2n) is 5.63. The van der Waals surface area contributed by atoms with Crippen molar-refractivity contribution in [3.05, 3.63) is 59.8 Å². The van der Waals surface area contributed by atoms with Crippen LogP contribution in [0.25, 0.3) is 6.08 Å². The van der Waals surface area contributed by atoms with Crippen molar-refractivity contribution in [1.29, 1.82) is 0 Å². The van der Waals surface area contributed by atoms with E-state index in [1.807, 2.05) is 0 Å². The molecule has 1 saturated heterocycles. The number of ether oxygens (including phenoxy) is 1. The molecule has 0 saturated carbocycles. The average Bonchev–Trinajstić information content (AvgIpc) is 2.94. The van der Waals surface area contributed by atoms with E-state index in [4.69, 9.17) is 40.2 Å². The molecule has 0 aliphatic carbocycles. The fraction of sp³-hybridized carbons (Fsp3) is 0.0556. The number of hydrogen-bond acceptors (Lipinski definition) is 5. The minimum atomic E-state index is -0.360. The molecule has 1 aliphatic rings. The summed E-state index contributed by atoms with van der Waals surface area (Å²) in [4.78, 5) is 24.5. The molecule has 1 heterocycles. The number of nitrogens with one attached hydrogen (secondary N) is 2. The van der Waals surface area contributed by atoms with E-state index in [0.29, 0.717) is 39.7 Å². The van der Waals surface area contributed by atoms with Crippen LogP contribution >= 0.6 is 79.0 Å². The Bertz CT molecular complexity index is 1040. The first-order chi connectivity index (χ1) is 13.7. The van der Waals surface area contributed by atoms with Crippen molar-refractivity contribution in [1.82, 2.24) is 5.32 Å². The summed E-state index contributed by atoms with van der Waals surface area (Å²) in [6.45, 7) is -0.218. The van der Waals surface area contributed by atoms with Crippen LogP contribution in [-0.4, -0.2) is 22.7 Å². The smallest absolute Gasteiger partial charge is 0.263 e. The molecule has 150 valence electrons. The zero-order chi connectivity index (χ0) is 21.1. The van der Waals surface area contributed by atoms with Crippen molar-refractivity contribution < 1.29 is 14.3 Å². The number of carbonyl (C=O) groups excluding carboxylic acids is 2. The van der Waals surface area contributed by atoms with Crippen LogP contribution in [0.15, 0.2) is 44.2 Å². The fourth-order valence-electron chi connectivity index (χ4n) is 2.28. The van der Waals surface area contributed by atoms with E-state index >= 15 is 0 Å². The first-order valence-corrected chi connectivity index (χ1v) is 11.4. The number of amides is 2. The van der Waals surface area contributed by atoms with E-state index in [1.54, 1.807) is 36.4 Å². The lowest BCUT2D eigenvalue weighted by molar-refractivity contribution is -0.118. The molecule has 1 aliphatic heterocycles. The van der Waals surface area contributed by atoms with Crippen LogP contribution in [0.4, 0.5) is 5.69 Å². The van der Waals surface area contributed by atoms with Crippen molar-refractivity contribution in [2.24, 2.45) is 0 Å². The number of carbonyl (C=O) groups is 2. The molecule has 0 aromatic heterocycles. The SMILES string of the molecule is O=C(COc1c(Br)cc(/C=C2/SC(=S)NC2=O)cc1Br)Nc1ccc(Cl)c(Cl)c1. The highest BCUT2D eigenvalue weighted by Gasteiger charge is 2.22. The third-order valence-electron chi connectivity index (χ3n) is 3.51. The molecule has 2 N–H and O–H groups in total. The molecule has 0 radical (unpaired) electrons. The van der Waals surface area contributed by atoms with Gasteiger partial charge in [-0.3, -0.25) is 9.59 Å². The molecule has 11 heteroatoms. The molecular weight excluding hydrogens is 587 g/mol. The normalized spacial score (nSPS) is 14.8. The van der Waals surface area contributed by atoms with Crippen LogP contribution in [0.5, 0.6) is 5.75 Å². The highest BCUT2D eigenvalue weighted by atomic mass is 79.9. The second-order valence-corrected chi connectivity index (χ2v) is 9.87. The Kier molecular flexibility index (Phi) is 7.63. The van der Waals surface area contributed by atoms with Gasteiger partial charge in [0.05, 0.1) is 23.9 Å². The highest BCUT2D eigenvalue weighted by Crippen LogP contribution is 2.36. The van der Waals surface area contributed by atoms with Gasteiger partial charge in [0.15, 0.2) is 6.61 Å². The molecule has 2 aromatic carbocycles. The van der Waals surface area contributed by atoms with Crippen LogP contribution in [0.1, 0.15) is 5.56 Å². The van der Waals surface area contributed by atoms with Crippen molar-refractivity contribution in [3.8, 4) is 5.75 Å². The number of halogens is 4. The summed E-state index contributed by atoms with van der Waals surface area (Å²) < 4.78 is 7.29. The number of thioether (sulfide) groups is 1. The van der Waals surface area contributed by atoms with Crippen molar-refractivity contribution in [3.63, 3.8) is 0 Å². The maximum absolute atomic E-state index is 12.2. The monoisotopic (exact) mass is 594 g/mol. The third-order valence-corrected chi connectivity index (χ3v) is 6.59. The summed E-state index contributed by atoms with van der Waals surface area (Å²) >= 11 is 24.8. The molecule has 1 fully saturated rings. The zero-order valence-electron chi connectivity index (χ0n) is 14.2. The van der Waals surface area contributed by atoms with E-state index in [-0.39, 0.29) is 18.4 Å². The van der Waals surface area contributed by atoms with Gasteiger partial charge in [-0.25, -0.2) is 0 Å². The van der Waals surface area contributed by atoms with Gasteiger partial charge in [0, 0.05) is 5.69 Å². The van der Waals surface area contributed by atoms with E-state index in [2.05, 4.69) is 42.5 Å². The predicted octanol–water partition coefficient (Wildman–Crippen LogP) is 6.02. The second kappa shape index (κ2) is 9.80. The minimum absolute atomic E-state index is 0.218. The molecule has 0 atom stereocenters. The van der Waals surface area contributed by atoms with E-state index < -0.39 is 0 Å². The summed E-state index contributed by atoms with van der Waals surface area (Å²) in [6.07, 6.45) is 1.72. The lowest BCUT2D eigenvalue weighted by Crippen LogP contribution is -2.20. The fourth-order valence-corrected chi connectivity index (χ4v) is 5.07. The van der Waals surface area contributed by atoms with Gasteiger partial charge in [0.2, 0.25) is 0 Å². The predicted molar refractivity (Wildman–Crippen MR) is 129 cm³/mol. The number of hydrogen-bond donors (Lipinski definition) is 2. The average molecular weight is 597 g/mol. The molecular formula is C18H10Br2Cl2N2O3S2. The summed E-state index contributed by atoms with van der Waals surface area (Å²) in [5.41, 5.74) is 1.28. The molecule has 5 nitrogen and oxygen atoms in total. The van der Waals surface area contributed by atoms with Gasteiger partial charge >= 0.3 is 0 Å². The van der Waals surface area contributed by atoms with E-state index in [0.717, 1.165) is 5.56 Å². The standard InChI is InChI=1S/C18H10Br2Cl2N2O3S2/c19-10-3-8(5-14-17(26)24-18(28)29-14)4-11(20)16(10)27-7-15(25)23-9-1-2-12(21)13(22)6-9/h1-6H,7H2,(H,23,25)(H,24,26,28)/b14-5+. The molecule has 29 heavy (non-hydrogen) atoms. The third kappa shape index (κ3) is 5.96.